The Morgan fingerprint density at radius 2 is 1.64 bits per heavy atom. The molecule has 0 N–H and O–H groups in total. The first kappa shape index (κ1) is 27.4. The average molecular weight is 552 g/mol. The Morgan fingerprint density at radius 1 is 0.974 bits per heavy atom. The molecule has 5 nitrogen and oxygen atoms in total. The summed E-state index contributed by atoms with van der Waals surface area (Å²) in [7, 11) is 1.90. The van der Waals surface area contributed by atoms with Gasteiger partial charge in [0, 0.05) is 55.5 Å². The number of halogens is 2. The van der Waals surface area contributed by atoms with Crippen molar-refractivity contribution in [1.29, 1.82) is 0 Å². The molecular weight excluding hydrogens is 516 g/mol. The van der Waals surface area contributed by atoms with Crippen LogP contribution in [0.15, 0.2) is 53.9 Å². The second kappa shape index (κ2) is 11.5. The number of rotatable bonds is 6. The molecule has 1 saturated heterocycles. The summed E-state index contributed by atoms with van der Waals surface area (Å²) in [4.78, 5) is 35.0. The highest BCUT2D eigenvalue weighted by Crippen LogP contribution is 2.34. The molecule has 8 heteroatoms. The molecule has 1 aliphatic carbocycles. The van der Waals surface area contributed by atoms with Crippen molar-refractivity contribution < 1.29 is 18.4 Å². The zero-order chi connectivity index (χ0) is 27.6. The summed E-state index contributed by atoms with van der Waals surface area (Å²) >= 11 is 1.54. The van der Waals surface area contributed by atoms with Crippen LogP contribution in [0.2, 0.25) is 0 Å². The Kier molecular flexibility index (Phi) is 8.12. The molecule has 3 aromatic rings. The summed E-state index contributed by atoms with van der Waals surface area (Å²) in [6, 6.07) is 13.8. The first-order chi connectivity index (χ1) is 18.7. The fourth-order valence-electron chi connectivity index (χ4n) is 5.75. The average Bonchev–Trinajstić information content (AvgIpc) is 3.47. The number of benzene rings is 2. The number of hydrogen-bond acceptors (Lipinski definition) is 4. The van der Waals surface area contributed by atoms with E-state index in [4.69, 9.17) is 4.98 Å². The molecule has 0 unspecified atom stereocenters. The van der Waals surface area contributed by atoms with E-state index in [1.54, 1.807) is 29.5 Å². The molecule has 2 aliphatic rings. The topological polar surface area (TPSA) is 53.5 Å². The van der Waals surface area contributed by atoms with Gasteiger partial charge in [-0.3, -0.25) is 9.59 Å². The van der Waals surface area contributed by atoms with Gasteiger partial charge < -0.3 is 9.80 Å². The van der Waals surface area contributed by atoms with Crippen LogP contribution in [0.25, 0.3) is 11.1 Å². The van der Waals surface area contributed by atoms with Crippen LogP contribution < -0.4 is 0 Å². The van der Waals surface area contributed by atoms with Crippen LogP contribution in [0.4, 0.5) is 8.78 Å². The van der Waals surface area contributed by atoms with Crippen molar-refractivity contribution in [3.05, 3.63) is 75.7 Å². The lowest BCUT2D eigenvalue weighted by Crippen LogP contribution is -2.38. The lowest BCUT2D eigenvalue weighted by molar-refractivity contribution is 0.0174. The summed E-state index contributed by atoms with van der Waals surface area (Å²) in [6.07, 6.45) is 7.30. The molecule has 2 heterocycles. The highest BCUT2D eigenvalue weighted by atomic mass is 32.1. The fourth-order valence-corrected chi connectivity index (χ4v) is 6.72. The summed E-state index contributed by atoms with van der Waals surface area (Å²) in [5, 5.41) is 2.85. The van der Waals surface area contributed by atoms with E-state index < -0.39 is 5.92 Å². The molecule has 2 amide bonds. The molecule has 2 fully saturated rings. The van der Waals surface area contributed by atoms with Gasteiger partial charge in [-0.05, 0) is 42.9 Å². The van der Waals surface area contributed by atoms with E-state index in [0.717, 1.165) is 48.7 Å². The number of thiazole rings is 1. The molecule has 0 atom stereocenters. The molecular formula is C31H35F2N3O2S. The predicted molar refractivity (Wildman–Crippen MR) is 150 cm³/mol. The van der Waals surface area contributed by atoms with Crippen LogP contribution in [0.3, 0.4) is 0 Å². The van der Waals surface area contributed by atoms with E-state index in [1.807, 2.05) is 40.4 Å². The van der Waals surface area contributed by atoms with Crippen molar-refractivity contribution in [2.45, 2.75) is 69.8 Å². The Balaban J connectivity index is 1.23. The summed E-state index contributed by atoms with van der Waals surface area (Å²) in [6.45, 7) is 2.08. The number of alkyl halides is 2. The number of aromatic nitrogens is 1. The predicted octanol–water partition coefficient (Wildman–Crippen LogP) is 7.35. The Bertz CT molecular complexity index is 1300. The molecule has 1 aliphatic heterocycles. The Labute approximate surface area is 232 Å². The van der Waals surface area contributed by atoms with Crippen molar-refractivity contribution in [3.63, 3.8) is 0 Å². The van der Waals surface area contributed by atoms with Gasteiger partial charge in [0.2, 0.25) is 0 Å². The van der Waals surface area contributed by atoms with Gasteiger partial charge in [-0.2, -0.15) is 0 Å². The van der Waals surface area contributed by atoms with Crippen LogP contribution in [0.1, 0.15) is 89.2 Å². The normalized spacial score (nSPS) is 17.3. The molecule has 0 spiro atoms. The minimum absolute atomic E-state index is 0.00399. The lowest BCUT2D eigenvalue weighted by atomic mass is 9.94. The van der Waals surface area contributed by atoms with Crippen molar-refractivity contribution >= 4 is 23.2 Å². The summed E-state index contributed by atoms with van der Waals surface area (Å²) in [5.41, 5.74) is 2.52. The van der Waals surface area contributed by atoms with E-state index in [-0.39, 0.29) is 23.3 Å². The maximum atomic E-state index is 13.7. The van der Waals surface area contributed by atoms with Gasteiger partial charge in [0.15, 0.2) is 0 Å². The summed E-state index contributed by atoms with van der Waals surface area (Å²) in [5.74, 6) is -2.74. The smallest absolute Gasteiger partial charge is 0.273 e. The van der Waals surface area contributed by atoms with Gasteiger partial charge in [-0.15, -0.1) is 11.3 Å². The quantitative estimate of drug-likeness (QED) is 0.322. The van der Waals surface area contributed by atoms with Gasteiger partial charge in [0.25, 0.3) is 17.7 Å². The van der Waals surface area contributed by atoms with Crippen molar-refractivity contribution in [2.24, 2.45) is 0 Å². The fraction of sp³-hybridized carbons (Fsp3) is 0.452. The summed E-state index contributed by atoms with van der Waals surface area (Å²) < 4.78 is 27.3. The minimum atomic E-state index is -2.91. The number of hydrogen-bond donors (Lipinski definition) is 0. The maximum Gasteiger partial charge on any atom is 0.273 e. The molecule has 0 bridgehead atoms. The van der Waals surface area contributed by atoms with Gasteiger partial charge >= 0.3 is 0 Å². The Morgan fingerprint density at radius 3 is 2.31 bits per heavy atom. The third kappa shape index (κ3) is 6.06. The van der Waals surface area contributed by atoms with E-state index in [2.05, 4.69) is 0 Å². The van der Waals surface area contributed by atoms with Crippen LogP contribution in [0, 0.1) is 0 Å². The zero-order valence-corrected chi connectivity index (χ0v) is 23.4. The highest BCUT2D eigenvalue weighted by molar-refractivity contribution is 7.09. The SMILES string of the molecule is CN(C(=O)c1csc(C2CCN(C(=O)c3ccccc3-c3ccc(C(C)(F)F)cc3)CC2)n1)C1CCCCC1. The van der Waals surface area contributed by atoms with E-state index in [9.17, 15) is 18.4 Å². The third-order valence-corrected chi connectivity index (χ3v) is 9.18. The second-order valence-electron chi connectivity index (χ2n) is 10.9. The largest absolute Gasteiger partial charge is 0.339 e. The zero-order valence-electron chi connectivity index (χ0n) is 22.5. The standard InChI is InChI=1S/C31H35F2N3O2S/c1-31(32,33)23-14-12-21(13-15-23)25-10-6-7-11-26(25)29(37)36-18-16-22(17-19-36)28-34-27(20-39-28)30(38)35(2)24-8-4-3-5-9-24/h6-7,10-15,20,22,24H,3-5,8-9,16-19H2,1-2H3. The second-order valence-corrected chi connectivity index (χ2v) is 11.7. The molecule has 2 aromatic carbocycles. The van der Waals surface area contributed by atoms with Crippen LogP contribution in [-0.2, 0) is 5.92 Å². The van der Waals surface area contributed by atoms with Crippen LogP contribution in [0.5, 0.6) is 0 Å². The molecule has 1 aromatic heterocycles. The van der Waals surface area contributed by atoms with Crippen molar-refractivity contribution in [1.82, 2.24) is 14.8 Å². The van der Waals surface area contributed by atoms with Crippen LogP contribution in [-0.4, -0.2) is 52.8 Å². The van der Waals surface area contributed by atoms with E-state index in [0.29, 0.717) is 30.4 Å². The first-order valence-corrected chi connectivity index (χ1v) is 14.7. The molecule has 5 rings (SSSR count). The minimum Gasteiger partial charge on any atom is -0.339 e. The van der Waals surface area contributed by atoms with Gasteiger partial charge in [0.05, 0.1) is 5.01 Å². The first-order valence-electron chi connectivity index (χ1n) is 13.8. The third-order valence-electron chi connectivity index (χ3n) is 8.18. The van der Waals surface area contributed by atoms with Gasteiger partial charge in [-0.25, -0.2) is 13.8 Å². The molecule has 0 radical (unpaired) electrons. The van der Waals surface area contributed by atoms with Gasteiger partial charge in [0.1, 0.15) is 5.69 Å². The number of nitrogens with zero attached hydrogens (tertiary/aromatic N) is 3. The number of amides is 2. The monoisotopic (exact) mass is 551 g/mol. The van der Waals surface area contributed by atoms with Crippen LogP contribution >= 0.6 is 11.3 Å². The number of carbonyl (C=O) groups is 2. The number of piperidine rings is 1. The molecule has 206 valence electrons. The van der Waals surface area contributed by atoms with E-state index >= 15 is 0 Å². The van der Waals surface area contributed by atoms with Gasteiger partial charge in [-0.1, -0.05) is 61.7 Å². The lowest BCUT2D eigenvalue weighted by Gasteiger charge is -2.32. The number of carbonyl (C=O) groups excluding carboxylic acids is 2. The maximum absolute atomic E-state index is 13.7. The van der Waals surface area contributed by atoms with Crippen molar-refractivity contribution in [3.8, 4) is 11.1 Å². The van der Waals surface area contributed by atoms with Crippen molar-refractivity contribution in [2.75, 3.05) is 20.1 Å². The number of likely N-dealkylation sites (tertiary alicyclic amines) is 1. The van der Waals surface area contributed by atoms with E-state index in [1.165, 1.54) is 31.4 Å². The highest BCUT2D eigenvalue weighted by Gasteiger charge is 2.30. The molecule has 1 saturated carbocycles. The Hall–Kier alpha value is -3.13. The molecule has 39 heavy (non-hydrogen) atoms.